The van der Waals surface area contributed by atoms with E-state index in [2.05, 4.69) is 34.4 Å². The standard InChI is InChI=1S/C14H19N3O2S/c1-10(7-11-5-4-6-20-11)16(2)9-13-12(14(18)19)8-15-17(13)3/h4-6,8,10H,7,9H2,1-3H3,(H,18,19). The number of aromatic carboxylic acids is 1. The van der Waals surface area contributed by atoms with E-state index in [-0.39, 0.29) is 5.56 Å². The van der Waals surface area contributed by atoms with Gasteiger partial charge in [-0.25, -0.2) is 4.79 Å². The van der Waals surface area contributed by atoms with Gasteiger partial charge >= 0.3 is 5.97 Å². The van der Waals surface area contributed by atoms with Gasteiger partial charge in [-0.3, -0.25) is 9.58 Å². The number of carboxylic acid groups (broad SMARTS) is 1. The average molecular weight is 293 g/mol. The van der Waals surface area contributed by atoms with Crippen molar-refractivity contribution in [3.8, 4) is 0 Å². The monoisotopic (exact) mass is 293 g/mol. The summed E-state index contributed by atoms with van der Waals surface area (Å²) in [6, 6.07) is 4.52. The zero-order valence-electron chi connectivity index (χ0n) is 11.9. The second-order valence-electron chi connectivity index (χ2n) is 4.98. The first-order chi connectivity index (χ1) is 9.49. The molecule has 2 aromatic heterocycles. The summed E-state index contributed by atoms with van der Waals surface area (Å²) in [4.78, 5) is 14.7. The molecular weight excluding hydrogens is 274 g/mol. The second-order valence-corrected chi connectivity index (χ2v) is 6.01. The predicted molar refractivity (Wildman–Crippen MR) is 79.1 cm³/mol. The molecular formula is C14H19N3O2S. The van der Waals surface area contributed by atoms with Crippen molar-refractivity contribution in [1.82, 2.24) is 14.7 Å². The SMILES string of the molecule is CC(Cc1cccs1)N(C)Cc1c(C(=O)O)cnn1C. The van der Waals surface area contributed by atoms with Crippen molar-refractivity contribution in [2.75, 3.05) is 7.05 Å². The van der Waals surface area contributed by atoms with E-state index >= 15 is 0 Å². The number of aromatic nitrogens is 2. The Morgan fingerprint density at radius 3 is 2.95 bits per heavy atom. The lowest BCUT2D eigenvalue weighted by Gasteiger charge is -2.24. The molecule has 1 atom stereocenters. The van der Waals surface area contributed by atoms with Crippen LogP contribution >= 0.6 is 11.3 Å². The largest absolute Gasteiger partial charge is 0.478 e. The highest BCUT2D eigenvalue weighted by Gasteiger charge is 2.19. The van der Waals surface area contributed by atoms with Crippen LogP contribution in [0.3, 0.4) is 0 Å². The van der Waals surface area contributed by atoms with Crippen LogP contribution in [0.1, 0.15) is 27.9 Å². The number of aryl methyl sites for hydroxylation is 1. The molecule has 0 spiro atoms. The van der Waals surface area contributed by atoms with Crippen LogP contribution in [0.15, 0.2) is 23.7 Å². The van der Waals surface area contributed by atoms with Crippen molar-refractivity contribution in [3.63, 3.8) is 0 Å². The fourth-order valence-corrected chi connectivity index (χ4v) is 2.92. The topological polar surface area (TPSA) is 58.4 Å². The van der Waals surface area contributed by atoms with Gasteiger partial charge in [0.15, 0.2) is 0 Å². The van der Waals surface area contributed by atoms with Crippen LogP contribution in [-0.2, 0) is 20.0 Å². The lowest BCUT2D eigenvalue weighted by Crippen LogP contribution is -2.31. The zero-order chi connectivity index (χ0) is 14.7. The Bertz CT molecular complexity index is 577. The van der Waals surface area contributed by atoms with Gasteiger partial charge in [-0.15, -0.1) is 11.3 Å². The number of nitrogens with zero attached hydrogens (tertiary/aromatic N) is 3. The van der Waals surface area contributed by atoms with E-state index in [0.29, 0.717) is 12.6 Å². The molecule has 2 heterocycles. The third kappa shape index (κ3) is 3.26. The third-order valence-electron chi connectivity index (χ3n) is 3.52. The normalized spacial score (nSPS) is 12.8. The molecule has 1 unspecified atom stereocenters. The van der Waals surface area contributed by atoms with Crippen LogP contribution in [0, 0.1) is 0 Å². The van der Waals surface area contributed by atoms with E-state index < -0.39 is 5.97 Å². The van der Waals surface area contributed by atoms with Gasteiger partial charge in [0, 0.05) is 24.5 Å². The molecule has 2 aromatic rings. The van der Waals surface area contributed by atoms with Crippen LogP contribution < -0.4 is 0 Å². The van der Waals surface area contributed by atoms with Crippen LogP contribution in [0.5, 0.6) is 0 Å². The molecule has 0 aliphatic heterocycles. The summed E-state index contributed by atoms with van der Waals surface area (Å²) in [5.74, 6) is -0.924. The van der Waals surface area contributed by atoms with Crippen molar-refractivity contribution in [2.45, 2.75) is 25.9 Å². The minimum Gasteiger partial charge on any atom is -0.478 e. The van der Waals surface area contributed by atoms with E-state index in [9.17, 15) is 4.79 Å². The molecule has 5 nitrogen and oxygen atoms in total. The minimum atomic E-state index is -0.924. The minimum absolute atomic E-state index is 0.280. The van der Waals surface area contributed by atoms with Gasteiger partial charge in [-0.05, 0) is 31.8 Å². The molecule has 0 bridgehead atoms. The van der Waals surface area contributed by atoms with Gasteiger partial charge in [0.05, 0.1) is 11.9 Å². The van der Waals surface area contributed by atoms with Crippen LogP contribution in [0.2, 0.25) is 0 Å². The lowest BCUT2D eigenvalue weighted by atomic mass is 10.1. The molecule has 0 aliphatic carbocycles. The van der Waals surface area contributed by atoms with Gasteiger partial charge < -0.3 is 5.11 Å². The highest BCUT2D eigenvalue weighted by Crippen LogP contribution is 2.16. The van der Waals surface area contributed by atoms with Crippen LogP contribution in [0.4, 0.5) is 0 Å². The Labute approximate surface area is 122 Å². The lowest BCUT2D eigenvalue weighted by molar-refractivity contribution is 0.0694. The number of hydrogen-bond donors (Lipinski definition) is 1. The molecule has 6 heteroatoms. The number of thiophene rings is 1. The number of rotatable bonds is 6. The summed E-state index contributed by atoms with van der Waals surface area (Å²) in [6.45, 7) is 2.72. The smallest absolute Gasteiger partial charge is 0.339 e. The first-order valence-electron chi connectivity index (χ1n) is 6.45. The van der Waals surface area contributed by atoms with Gasteiger partial charge in [-0.1, -0.05) is 6.07 Å². The number of carboxylic acids is 1. The molecule has 0 aromatic carbocycles. The summed E-state index contributed by atoms with van der Waals surface area (Å²) >= 11 is 1.75. The zero-order valence-corrected chi connectivity index (χ0v) is 12.7. The van der Waals surface area contributed by atoms with E-state index in [1.54, 1.807) is 23.1 Å². The van der Waals surface area contributed by atoms with E-state index in [4.69, 9.17) is 5.11 Å². The molecule has 0 radical (unpaired) electrons. The molecule has 0 amide bonds. The Hall–Kier alpha value is -1.66. The Morgan fingerprint density at radius 2 is 2.35 bits per heavy atom. The molecule has 20 heavy (non-hydrogen) atoms. The van der Waals surface area contributed by atoms with Gasteiger partial charge in [0.2, 0.25) is 0 Å². The molecule has 0 saturated carbocycles. The number of carbonyl (C=O) groups is 1. The maximum atomic E-state index is 11.2. The van der Waals surface area contributed by atoms with Crippen molar-refractivity contribution >= 4 is 17.3 Å². The van der Waals surface area contributed by atoms with E-state index in [1.807, 2.05) is 7.05 Å². The third-order valence-corrected chi connectivity index (χ3v) is 4.42. The first-order valence-corrected chi connectivity index (χ1v) is 7.33. The fourth-order valence-electron chi connectivity index (χ4n) is 2.10. The van der Waals surface area contributed by atoms with Crippen molar-refractivity contribution in [3.05, 3.63) is 39.8 Å². The average Bonchev–Trinajstić information content (AvgIpc) is 3.00. The summed E-state index contributed by atoms with van der Waals surface area (Å²) in [7, 11) is 3.79. The Kier molecular flexibility index (Phi) is 4.57. The number of likely N-dealkylation sites (N-methyl/N-ethyl adjacent to an activating group) is 1. The van der Waals surface area contributed by atoms with E-state index in [0.717, 1.165) is 12.1 Å². The maximum Gasteiger partial charge on any atom is 0.339 e. The summed E-state index contributed by atoms with van der Waals surface area (Å²) in [5, 5.41) is 15.3. The molecule has 0 aliphatic rings. The van der Waals surface area contributed by atoms with Crippen molar-refractivity contribution < 1.29 is 9.90 Å². The maximum absolute atomic E-state index is 11.2. The first kappa shape index (κ1) is 14.7. The predicted octanol–water partition coefficient (Wildman–Crippen LogP) is 2.24. The van der Waals surface area contributed by atoms with Gasteiger partial charge in [0.1, 0.15) is 5.56 Å². The highest BCUT2D eigenvalue weighted by molar-refractivity contribution is 7.09. The molecule has 0 saturated heterocycles. The Balaban J connectivity index is 2.05. The van der Waals surface area contributed by atoms with Crippen LogP contribution in [-0.4, -0.2) is 38.8 Å². The fraction of sp³-hybridized carbons (Fsp3) is 0.429. The Morgan fingerprint density at radius 1 is 1.60 bits per heavy atom. The van der Waals surface area contributed by atoms with E-state index in [1.165, 1.54) is 11.1 Å². The van der Waals surface area contributed by atoms with Crippen molar-refractivity contribution in [1.29, 1.82) is 0 Å². The number of hydrogen-bond acceptors (Lipinski definition) is 4. The molecule has 2 rings (SSSR count). The summed E-state index contributed by atoms with van der Waals surface area (Å²) < 4.78 is 1.64. The quantitative estimate of drug-likeness (QED) is 0.887. The van der Waals surface area contributed by atoms with Crippen molar-refractivity contribution in [2.24, 2.45) is 7.05 Å². The highest BCUT2D eigenvalue weighted by atomic mass is 32.1. The summed E-state index contributed by atoms with van der Waals surface area (Å²) in [5.41, 5.74) is 1.01. The van der Waals surface area contributed by atoms with Crippen LogP contribution in [0.25, 0.3) is 0 Å². The molecule has 108 valence electrons. The summed E-state index contributed by atoms with van der Waals surface area (Å²) in [6.07, 6.45) is 2.38. The van der Waals surface area contributed by atoms with Gasteiger partial charge in [0.25, 0.3) is 0 Å². The van der Waals surface area contributed by atoms with Gasteiger partial charge in [-0.2, -0.15) is 5.10 Å². The molecule has 1 N–H and O–H groups in total. The second kappa shape index (κ2) is 6.19. The molecule has 0 fully saturated rings.